The zero-order valence-electron chi connectivity index (χ0n) is 15.2. The van der Waals surface area contributed by atoms with Gasteiger partial charge in [-0.05, 0) is 24.6 Å². The summed E-state index contributed by atoms with van der Waals surface area (Å²) in [5.41, 5.74) is 1.54. The number of nitro groups is 1. The summed E-state index contributed by atoms with van der Waals surface area (Å²) in [5.74, 6) is 0.480. The predicted molar refractivity (Wildman–Crippen MR) is 102 cm³/mol. The summed E-state index contributed by atoms with van der Waals surface area (Å²) in [6.07, 6.45) is 2.73. The van der Waals surface area contributed by atoms with Crippen molar-refractivity contribution in [2.75, 3.05) is 51.4 Å². The van der Waals surface area contributed by atoms with Crippen LogP contribution in [0.3, 0.4) is 0 Å². The molecule has 2 aromatic rings. The number of anilines is 1. The maximum absolute atomic E-state index is 11.3. The number of nitro benzene ring substituents is 1. The molecular formula is C19H24N4O4. The summed E-state index contributed by atoms with van der Waals surface area (Å²) < 4.78 is 11.1. The van der Waals surface area contributed by atoms with Crippen LogP contribution in [0.2, 0.25) is 0 Å². The van der Waals surface area contributed by atoms with Crippen LogP contribution in [0.1, 0.15) is 6.42 Å². The number of benzene rings is 1. The van der Waals surface area contributed by atoms with Crippen LogP contribution in [-0.4, -0.2) is 66.9 Å². The third-order valence-corrected chi connectivity index (χ3v) is 5.47. The van der Waals surface area contributed by atoms with Gasteiger partial charge in [-0.15, -0.1) is 0 Å². The second-order valence-electron chi connectivity index (χ2n) is 7.01. The predicted octanol–water partition coefficient (Wildman–Crippen LogP) is 2.29. The molecule has 2 saturated heterocycles. The highest BCUT2D eigenvalue weighted by Gasteiger charge is 2.31. The fourth-order valence-electron chi connectivity index (χ4n) is 4.03. The monoisotopic (exact) mass is 372 g/mol. The molecule has 2 atom stereocenters. The van der Waals surface area contributed by atoms with E-state index in [1.165, 1.54) is 0 Å². The first-order valence-corrected chi connectivity index (χ1v) is 9.39. The highest BCUT2D eigenvalue weighted by Crippen LogP contribution is 2.30. The van der Waals surface area contributed by atoms with Gasteiger partial charge in [-0.25, -0.2) is 0 Å². The zero-order valence-corrected chi connectivity index (χ0v) is 15.2. The lowest BCUT2D eigenvalue weighted by atomic mass is 9.96. The summed E-state index contributed by atoms with van der Waals surface area (Å²) in [6, 6.07) is 7.12. The van der Waals surface area contributed by atoms with Crippen molar-refractivity contribution in [2.45, 2.75) is 12.5 Å². The molecule has 1 aromatic carbocycles. The molecule has 8 heteroatoms. The molecule has 0 radical (unpaired) electrons. The first kappa shape index (κ1) is 18.1. The normalized spacial score (nSPS) is 22.0. The molecule has 1 N–H and O–H groups in total. The Morgan fingerprint density at radius 1 is 1.26 bits per heavy atom. The largest absolute Gasteiger partial charge is 0.382 e. The molecule has 4 rings (SSSR count). The van der Waals surface area contributed by atoms with Gasteiger partial charge in [0.15, 0.2) is 0 Å². The van der Waals surface area contributed by atoms with E-state index in [2.05, 4.69) is 15.2 Å². The fraction of sp³-hybridized carbons (Fsp3) is 0.526. The highest BCUT2D eigenvalue weighted by atomic mass is 16.6. The Morgan fingerprint density at radius 2 is 2.11 bits per heavy atom. The van der Waals surface area contributed by atoms with E-state index in [-0.39, 0.29) is 10.6 Å². The number of hydrogen-bond acceptors (Lipinski definition) is 7. The molecule has 0 aliphatic carbocycles. The van der Waals surface area contributed by atoms with Crippen LogP contribution in [0.25, 0.3) is 10.9 Å². The molecule has 2 fully saturated rings. The topological polar surface area (TPSA) is 89.8 Å². The smallest absolute Gasteiger partial charge is 0.278 e. The fourth-order valence-corrected chi connectivity index (χ4v) is 4.03. The Hall–Kier alpha value is -2.29. The molecule has 0 amide bonds. The average molecular weight is 372 g/mol. The molecule has 2 aliphatic heterocycles. The van der Waals surface area contributed by atoms with Crippen molar-refractivity contribution in [3.8, 4) is 0 Å². The van der Waals surface area contributed by atoms with Gasteiger partial charge in [0.1, 0.15) is 5.52 Å². The number of fused-ring (bicyclic) bond motifs is 1. The van der Waals surface area contributed by atoms with E-state index in [1.807, 2.05) is 0 Å². The zero-order chi connectivity index (χ0) is 18.6. The summed E-state index contributed by atoms with van der Waals surface area (Å²) in [5, 5.41) is 15.4. The Kier molecular flexibility index (Phi) is 5.47. The second-order valence-corrected chi connectivity index (χ2v) is 7.01. The minimum Gasteiger partial charge on any atom is -0.382 e. The van der Waals surface area contributed by atoms with Crippen molar-refractivity contribution in [3.63, 3.8) is 0 Å². The first-order chi connectivity index (χ1) is 13.2. The van der Waals surface area contributed by atoms with Crippen molar-refractivity contribution in [1.82, 2.24) is 9.88 Å². The third-order valence-electron chi connectivity index (χ3n) is 5.47. The minimum atomic E-state index is -0.361. The summed E-state index contributed by atoms with van der Waals surface area (Å²) in [6.45, 7) is 5.69. The summed E-state index contributed by atoms with van der Waals surface area (Å²) in [4.78, 5) is 17.8. The van der Waals surface area contributed by atoms with E-state index in [0.717, 1.165) is 58.2 Å². The van der Waals surface area contributed by atoms with E-state index >= 15 is 0 Å². The van der Waals surface area contributed by atoms with Gasteiger partial charge >= 0.3 is 0 Å². The maximum atomic E-state index is 11.3. The van der Waals surface area contributed by atoms with Gasteiger partial charge in [-0.2, -0.15) is 0 Å². The SMILES string of the molecule is O=[N+]([O-])c1ccc(NC[C@@H]([C@@H]2CCOC2)N2CCOCC2)c2ncccc12. The molecule has 144 valence electrons. The third kappa shape index (κ3) is 3.87. The molecule has 1 aromatic heterocycles. The number of non-ortho nitro benzene ring substituents is 1. The molecule has 3 heterocycles. The molecule has 0 bridgehead atoms. The van der Waals surface area contributed by atoms with E-state index in [0.29, 0.717) is 22.9 Å². The van der Waals surface area contributed by atoms with Gasteiger partial charge in [0.2, 0.25) is 0 Å². The molecule has 2 aliphatic rings. The molecule has 0 saturated carbocycles. The number of aromatic nitrogens is 1. The van der Waals surface area contributed by atoms with Crippen LogP contribution < -0.4 is 5.32 Å². The lowest BCUT2D eigenvalue weighted by molar-refractivity contribution is -0.383. The molecule has 8 nitrogen and oxygen atoms in total. The Bertz CT molecular complexity index is 803. The number of morpholine rings is 1. The highest BCUT2D eigenvalue weighted by molar-refractivity contribution is 5.96. The van der Waals surface area contributed by atoms with Crippen molar-refractivity contribution in [1.29, 1.82) is 0 Å². The van der Waals surface area contributed by atoms with Gasteiger partial charge in [-0.1, -0.05) is 0 Å². The van der Waals surface area contributed by atoms with Gasteiger partial charge < -0.3 is 14.8 Å². The average Bonchev–Trinajstić information content (AvgIpc) is 3.23. The quantitative estimate of drug-likeness (QED) is 0.615. The van der Waals surface area contributed by atoms with Crippen LogP contribution in [0.4, 0.5) is 11.4 Å². The minimum absolute atomic E-state index is 0.0811. The van der Waals surface area contributed by atoms with Crippen molar-refractivity contribution < 1.29 is 14.4 Å². The van der Waals surface area contributed by atoms with Crippen LogP contribution in [-0.2, 0) is 9.47 Å². The van der Waals surface area contributed by atoms with Crippen LogP contribution >= 0.6 is 0 Å². The summed E-state index contributed by atoms with van der Waals surface area (Å²) in [7, 11) is 0. The van der Waals surface area contributed by atoms with Crippen molar-refractivity contribution in [2.24, 2.45) is 5.92 Å². The van der Waals surface area contributed by atoms with Crippen LogP contribution in [0, 0.1) is 16.0 Å². The van der Waals surface area contributed by atoms with E-state index in [1.54, 1.807) is 30.5 Å². The van der Waals surface area contributed by atoms with Crippen molar-refractivity contribution >= 4 is 22.3 Å². The standard InChI is InChI=1S/C19H24N4O4/c24-23(25)17-4-3-16(19-15(17)2-1-6-20-19)21-12-18(14-5-9-27-13-14)22-7-10-26-11-8-22/h1-4,6,14,18,21H,5,7-13H2/t14-,18+/m1/s1. The van der Waals surface area contributed by atoms with Gasteiger partial charge in [0.25, 0.3) is 5.69 Å². The second kappa shape index (κ2) is 8.16. The number of rotatable bonds is 6. The van der Waals surface area contributed by atoms with Gasteiger partial charge in [-0.3, -0.25) is 20.0 Å². The van der Waals surface area contributed by atoms with E-state index < -0.39 is 0 Å². The van der Waals surface area contributed by atoms with Crippen LogP contribution in [0.15, 0.2) is 30.5 Å². The van der Waals surface area contributed by atoms with E-state index in [4.69, 9.17) is 9.47 Å². The number of hydrogen-bond donors (Lipinski definition) is 1. The maximum Gasteiger partial charge on any atom is 0.278 e. The number of pyridine rings is 1. The lowest BCUT2D eigenvalue weighted by Crippen LogP contribution is -2.50. The van der Waals surface area contributed by atoms with E-state index in [9.17, 15) is 10.1 Å². The lowest BCUT2D eigenvalue weighted by Gasteiger charge is -2.37. The molecule has 27 heavy (non-hydrogen) atoms. The molecular weight excluding hydrogens is 348 g/mol. The van der Waals surface area contributed by atoms with Gasteiger partial charge in [0, 0.05) is 50.5 Å². The summed E-state index contributed by atoms with van der Waals surface area (Å²) >= 11 is 0. The van der Waals surface area contributed by atoms with Crippen LogP contribution in [0.5, 0.6) is 0 Å². The van der Waals surface area contributed by atoms with Crippen molar-refractivity contribution in [3.05, 3.63) is 40.6 Å². The Balaban J connectivity index is 1.57. The number of ether oxygens (including phenoxy) is 2. The van der Waals surface area contributed by atoms with Gasteiger partial charge in [0.05, 0.1) is 35.8 Å². The molecule has 0 spiro atoms. The molecule has 0 unspecified atom stereocenters. The number of nitrogens with one attached hydrogen (secondary N) is 1. The Morgan fingerprint density at radius 3 is 2.85 bits per heavy atom. The Labute approximate surface area is 157 Å². The first-order valence-electron chi connectivity index (χ1n) is 9.39. The number of nitrogens with zero attached hydrogens (tertiary/aromatic N) is 3.